The van der Waals surface area contributed by atoms with Crippen LogP contribution in [-0.2, 0) is 6.42 Å². The fourth-order valence-corrected chi connectivity index (χ4v) is 3.29. The molecule has 0 spiro atoms. The molecule has 2 aromatic carbocycles. The molecule has 0 fully saturated rings. The number of H-pyrrole nitrogens is 1. The highest BCUT2D eigenvalue weighted by molar-refractivity contribution is 5.77. The van der Waals surface area contributed by atoms with Crippen LogP contribution in [0.15, 0.2) is 60.7 Å². The van der Waals surface area contributed by atoms with Crippen LogP contribution >= 0.6 is 0 Å². The molecule has 0 aliphatic rings. The second-order valence-corrected chi connectivity index (χ2v) is 6.91. The zero-order valence-electron chi connectivity index (χ0n) is 16.6. The van der Waals surface area contributed by atoms with E-state index >= 15 is 0 Å². The molecule has 1 N–H and O–H groups in total. The molecule has 0 saturated carbocycles. The van der Waals surface area contributed by atoms with Crippen molar-refractivity contribution in [3.8, 4) is 34.5 Å². The van der Waals surface area contributed by atoms with Crippen LogP contribution in [0.25, 0.3) is 22.6 Å². The molecule has 2 heterocycles. The summed E-state index contributed by atoms with van der Waals surface area (Å²) in [7, 11) is 1.43. The molecule has 0 aliphatic heterocycles. The lowest BCUT2D eigenvalue weighted by Crippen LogP contribution is -1.91. The van der Waals surface area contributed by atoms with Gasteiger partial charge in [0.25, 0.3) is 0 Å². The quantitative estimate of drug-likeness (QED) is 0.510. The van der Waals surface area contributed by atoms with Crippen molar-refractivity contribution < 1.29 is 9.13 Å². The van der Waals surface area contributed by atoms with E-state index in [9.17, 15) is 4.39 Å². The normalized spacial score (nSPS) is 10.6. The summed E-state index contributed by atoms with van der Waals surface area (Å²) in [5.74, 6) is 0.460. The van der Waals surface area contributed by atoms with Crippen molar-refractivity contribution in [2.45, 2.75) is 13.3 Å². The summed E-state index contributed by atoms with van der Waals surface area (Å²) in [6.07, 6.45) is 0.545. The summed E-state index contributed by atoms with van der Waals surface area (Å²) in [5.41, 5.74) is 5.22. The van der Waals surface area contributed by atoms with Gasteiger partial charge in [-0.05, 0) is 55.0 Å². The minimum atomic E-state index is -0.449. The monoisotopic (exact) mass is 398 g/mol. The summed E-state index contributed by atoms with van der Waals surface area (Å²) >= 11 is 0. The van der Waals surface area contributed by atoms with Crippen LogP contribution in [0.5, 0.6) is 5.75 Å². The third-order valence-corrected chi connectivity index (χ3v) is 4.78. The Morgan fingerprint density at radius 3 is 2.53 bits per heavy atom. The van der Waals surface area contributed by atoms with Crippen molar-refractivity contribution in [2.75, 3.05) is 7.11 Å². The van der Waals surface area contributed by atoms with Gasteiger partial charge in [-0.25, -0.2) is 9.37 Å². The maximum Gasteiger partial charge on any atom is 0.165 e. The Morgan fingerprint density at radius 2 is 1.87 bits per heavy atom. The van der Waals surface area contributed by atoms with Gasteiger partial charge in [0.2, 0.25) is 0 Å². The van der Waals surface area contributed by atoms with E-state index in [-0.39, 0.29) is 5.75 Å². The number of nitrogens with zero attached hydrogens (tertiary/aromatic N) is 3. The van der Waals surface area contributed by atoms with Gasteiger partial charge >= 0.3 is 0 Å². The van der Waals surface area contributed by atoms with Gasteiger partial charge in [-0.3, -0.25) is 4.98 Å². The Balaban J connectivity index is 1.78. The van der Waals surface area contributed by atoms with Gasteiger partial charge in [-0.15, -0.1) is 0 Å². The number of hydrogen-bond donors (Lipinski definition) is 1. The highest BCUT2D eigenvalue weighted by Gasteiger charge is 2.17. The zero-order valence-corrected chi connectivity index (χ0v) is 16.6. The number of nitriles is 1. The van der Waals surface area contributed by atoms with E-state index < -0.39 is 5.82 Å². The molecule has 5 nitrogen and oxygen atoms in total. The van der Waals surface area contributed by atoms with E-state index in [0.29, 0.717) is 23.2 Å². The van der Waals surface area contributed by atoms with E-state index in [1.165, 1.54) is 13.2 Å². The number of nitrogens with one attached hydrogen (secondary N) is 1. The number of hydrogen-bond acceptors (Lipinski definition) is 4. The van der Waals surface area contributed by atoms with Crippen molar-refractivity contribution in [3.63, 3.8) is 0 Å². The number of rotatable bonds is 5. The number of pyridine rings is 1. The minimum absolute atomic E-state index is 0.183. The highest BCUT2D eigenvalue weighted by atomic mass is 19.1. The molecular formula is C24H19FN4O. The summed E-state index contributed by atoms with van der Waals surface area (Å²) in [6.45, 7) is 1.92. The lowest BCUT2D eigenvalue weighted by atomic mass is 10.1. The first-order valence-electron chi connectivity index (χ1n) is 9.43. The molecule has 4 aromatic rings. The van der Waals surface area contributed by atoms with Crippen molar-refractivity contribution in [2.24, 2.45) is 0 Å². The molecule has 148 valence electrons. The first kappa shape index (κ1) is 19.3. The lowest BCUT2D eigenvalue weighted by Gasteiger charge is -2.06. The number of aromatic amines is 1. The van der Waals surface area contributed by atoms with Crippen molar-refractivity contribution in [1.82, 2.24) is 15.0 Å². The van der Waals surface area contributed by atoms with Crippen LogP contribution in [0.2, 0.25) is 0 Å². The molecule has 2 aromatic heterocycles. The second kappa shape index (κ2) is 8.18. The van der Waals surface area contributed by atoms with Crippen LogP contribution in [0.4, 0.5) is 4.39 Å². The van der Waals surface area contributed by atoms with Gasteiger partial charge in [0.15, 0.2) is 11.6 Å². The standard InChI is InChI=1S/C24H19FN4O/c1-15-4-3-5-20(27-15)24-23(18-10-11-21(30-2)19(25)13-18)28-22(29-24)12-16-6-8-17(14-26)9-7-16/h3-11,13H,12H2,1-2H3,(H,28,29). The summed E-state index contributed by atoms with van der Waals surface area (Å²) in [4.78, 5) is 12.7. The van der Waals surface area contributed by atoms with E-state index in [4.69, 9.17) is 15.0 Å². The van der Waals surface area contributed by atoms with Crippen molar-refractivity contribution >= 4 is 0 Å². The number of ether oxygens (including phenoxy) is 1. The van der Waals surface area contributed by atoms with Gasteiger partial charge in [0.1, 0.15) is 5.82 Å². The molecule has 0 amide bonds. The SMILES string of the molecule is COc1ccc(-c2nc(Cc3ccc(C#N)cc3)[nH]c2-c2cccc(C)n2)cc1F. The van der Waals surface area contributed by atoms with E-state index in [1.54, 1.807) is 24.3 Å². The third kappa shape index (κ3) is 3.91. The average molecular weight is 398 g/mol. The third-order valence-electron chi connectivity index (χ3n) is 4.78. The smallest absolute Gasteiger partial charge is 0.165 e. The van der Waals surface area contributed by atoms with Gasteiger partial charge < -0.3 is 9.72 Å². The van der Waals surface area contributed by atoms with Crippen molar-refractivity contribution in [1.29, 1.82) is 5.26 Å². The number of halogens is 1. The predicted molar refractivity (Wildman–Crippen MR) is 112 cm³/mol. The first-order chi connectivity index (χ1) is 14.6. The maximum absolute atomic E-state index is 14.4. The molecule has 4 rings (SSSR count). The maximum atomic E-state index is 14.4. The van der Waals surface area contributed by atoms with Gasteiger partial charge in [-0.1, -0.05) is 18.2 Å². The molecule has 0 radical (unpaired) electrons. The van der Waals surface area contributed by atoms with Crippen LogP contribution in [0, 0.1) is 24.1 Å². The Hall–Kier alpha value is -3.98. The molecular weight excluding hydrogens is 379 g/mol. The number of aromatic nitrogens is 3. The molecule has 0 saturated heterocycles. The van der Waals surface area contributed by atoms with Gasteiger partial charge in [0, 0.05) is 17.7 Å². The van der Waals surface area contributed by atoms with Crippen LogP contribution in [0.1, 0.15) is 22.6 Å². The number of benzene rings is 2. The van der Waals surface area contributed by atoms with E-state index in [0.717, 1.165) is 28.5 Å². The lowest BCUT2D eigenvalue weighted by molar-refractivity contribution is 0.386. The fraction of sp³-hybridized carbons (Fsp3) is 0.125. The minimum Gasteiger partial charge on any atom is -0.494 e. The average Bonchev–Trinajstić information content (AvgIpc) is 3.18. The van der Waals surface area contributed by atoms with E-state index in [1.807, 2.05) is 37.3 Å². The first-order valence-corrected chi connectivity index (χ1v) is 9.43. The van der Waals surface area contributed by atoms with Gasteiger partial charge in [-0.2, -0.15) is 5.26 Å². The van der Waals surface area contributed by atoms with E-state index in [2.05, 4.69) is 16.0 Å². The Bertz CT molecular complexity index is 1240. The largest absolute Gasteiger partial charge is 0.494 e. The van der Waals surface area contributed by atoms with Crippen LogP contribution < -0.4 is 4.74 Å². The molecule has 30 heavy (non-hydrogen) atoms. The van der Waals surface area contributed by atoms with Crippen LogP contribution in [0.3, 0.4) is 0 Å². The molecule has 0 atom stereocenters. The zero-order chi connectivity index (χ0) is 21.1. The highest BCUT2D eigenvalue weighted by Crippen LogP contribution is 2.32. The molecule has 0 bridgehead atoms. The second-order valence-electron chi connectivity index (χ2n) is 6.91. The Morgan fingerprint density at radius 1 is 1.07 bits per heavy atom. The Kier molecular flexibility index (Phi) is 5.27. The molecule has 0 unspecified atom stereocenters. The molecule has 6 heteroatoms. The Labute approximate surface area is 173 Å². The summed E-state index contributed by atoms with van der Waals surface area (Å²) < 4.78 is 19.4. The van der Waals surface area contributed by atoms with Crippen molar-refractivity contribution in [3.05, 3.63) is 89.1 Å². The summed E-state index contributed by atoms with van der Waals surface area (Å²) in [5, 5.41) is 8.98. The fourth-order valence-electron chi connectivity index (χ4n) is 3.29. The summed E-state index contributed by atoms with van der Waals surface area (Å²) in [6, 6.07) is 20.0. The number of imidazole rings is 1. The number of aryl methyl sites for hydroxylation is 1. The number of methoxy groups -OCH3 is 1. The predicted octanol–water partition coefficient (Wildman–Crippen LogP) is 5.06. The van der Waals surface area contributed by atoms with Crippen LogP contribution in [-0.4, -0.2) is 22.1 Å². The van der Waals surface area contributed by atoms with Gasteiger partial charge in [0.05, 0.1) is 35.8 Å². The topological polar surface area (TPSA) is 74.6 Å². The molecule has 0 aliphatic carbocycles.